The molecule has 0 fully saturated rings. The molecule has 10 heteroatoms. The number of hydrogen-bond donors (Lipinski definition) is 1. The van der Waals surface area contributed by atoms with Crippen molar-refractivity contribution in [3.05, 3.63) is 59.7 Å². The largest absolute Gasteiger partial charge is 0.481 e. The number of aromatic nitrogens is 1. The minimum Gasteiger partial charge on any atom is -0.481 e. The molecule has 2 aromatic carbocycles. The molecule has 1 amide bonds. The van der Waals surface area contributed by atoms with Crippen LogP contribution in [0.2, 0.25) is 0 Å². The number of thiazole rings is 1. The summed E-state index contributed by atoms with van der Waals surface area (Å²) in [6, 6.07) is 12.3. The van der Waals surface area contributed by atoms with Crippen LogP contribution in [0.15, 0.2) is 53.9 Å². The Morgan fingerprint density at radius 1 is 1.17 bits per heavy atom. The highest BCUT2D eigenvalue weighted by atomic mass is 32.2. The molecule has 7 nitrogen and oxygen atoms in total. The van der Waals surface area contributed by atoms with Crippen molar-refractivity contribution < 1.29 is 22.3 Å². The van der Waals surface area contributed by atoms with E-state index in [1.807, 2.05) is 0 Å². The zero-order valence-electron chi connectivity index (χ0n) is 16.5. The number of ether oxygens (including phenoxy) is 1. The average Bonchev–Trinajstić information content (AvgIpc) is 3.17. The fourth-order valence-electron chi connectivity index (χ4n) is 2.48. The maximum absolute atomic E-state index is 13.0. The number of rotatable bonds is 7. The van der Waals surface area contributed by atoms with Crippen molar-refractivity contribution in [1.82, 2.24) is 4.98 Å². The van der Waals surface area contributed by atoms with Crippen LogP contribution in [0.25, 0.3) is 11.3 Å². The molecule has 0 saturated carbocycles. The van der Waals surface area contributed by atoms with Crippen LogP contribution in [0, 0.1) is 5.82 Å². The molecule has 0 aliphatic heterocycles. The van der Waals surface area contributed by atoms with E-state index in [2.05, 4.69) is 10.3 Å². The molecule has 30 heavy (non-hydrogen) atoms. The predicted octanol–water partition coefficient (Wildman–Crippen LogP) is 3.75. The number of nitrogens with zero attached hydrogens (tertiary/aromatic N) is 2. The van der Waals surface area contributed by atoms with Crippen molar-refractivity contribution in [2.24, 2.45) is 0 Å². The van der Waals surface area contributed by atoms with Gasteiger partial charge in [0.2, 0.25) is 10.0 Å². The number of carbonyl (C=O) groups excluding carboxylic acids is 1. The van der Waals surface area contributed by atoms with Crippen LogP contribution in [0.4, 0.5) is 15.2 Å². The van der Waals surface area contributed by atoms with Crippen LogP contribution < -0.4 is 14.4 Å². The molecule has 1 unspecified atom stereocenters. The van der Waals surface area contributed by atoms with Gasteiger partial charge in [0.1, 0.15) is 11.6 Å². The van der Waals surface area contributed by atoms with Gasteiger partial charge in [0.05, 0.1) is 17.6 Å². The summed E-state index contributed by atoms with van der Waals surface area (Å²) in [5.74, 6) is -0.380. The van der Waals surface area contributed by atoms with E-state index in [0.29, 0.717) is 22.3 Å². The van der Waals surface area contributed by atoms with Gasteiger partial charge in [0, 0.05) is 18.0 Å². The highest BCUT2D eigenvalue weighted by molar-refractivity contribution is 7.92. The molecule has 3 aromatic rings. The summed E-state index contributed by atoms with van der Waals surface area (Å²) >= 11 is 1.26. The summed E-state index contributed by atoms with van der Waals surface area (Å²) in [6.45, 7) is 1.59. The maximum atomic E-state index is 13.0. The molecule has 0 spiro atoms. The lowest BCUT2D eigenvalue weighted by Gasteiger charge is -2.16. The molecule has 0 saturated heterocycles. The topological polar surface area (TPSA) is 88.6 Å². The number of hydrogen-bond acceptors (Lipinski definition) is 6. The molecule has 1 N–H and O–H groups in total. The number of halogens is 1. The second kappa shape index (κ2) is 8.80. The smallest absolute Gasteiger partial charge is 0.266 e. The van der Waals surface area contributed by atoms with Gasteiger partial charge in [-0.15, -0.1) is 11.3 Å². The molecular formula is C20H20FN3O4S2. The van der Waals surface area contributed by atoms with Crippen LogP contribution >= 0.6 is 11.3 Å². The first-order valence-electron chi connectivity index (χ1n) is 8.86. The fraction of sp³-hybridized carbons (Fsp3) is 0.200. The highest BCUT2D eigenvalue weighted by Crippen LogP contribution is 2.27. The van der Waals surface area contributed by atoms with Gasteiger partial charge in [-0.25, -0.2) is 17.8 Å². The lowest BCUT2D eigenvalue weighted by Crippen LogP contribution is -2.30. The third-order valence-electron chi connectivity index (χ3n) is 4.25. The summed E-state index contributed by atoms with van der Waals surface area (Å²) in [7, 11) is -1.85. The quantitative estimate of drug-likeness (QED) is 0.594. The molecule has 0 aliphatic carbocycles. The van der Waals surface area contributed by atoms with Gasteiger partial charge in [0.25, 0.3) is 5.91 Å². The van der Waals surface area contributed by atoms with Crippen molar-refractivity contribution in [1.29, 1.82) is 0 Å². The van der Waals surface area contributed by atoms with Gasteiger partial charge >= 0.3 is 0 Å². The van der Waals surface area contributed by atoms with Gasteiger partial charge in [-0.05, 0) is 43.3 Å². The number of amides is 1. The standard InChI is InChI=1S/C20H20FN3O4S2/c1-13(28-17-10-6-15(21)7-11-17)19(25)23-20-22-18(12-29-20)14-4-8-16(9-5-14)24(2)30(3,26)27/h4-13H,1-3H3,(H,22,23,25). The van der Waals surface area contributed by atoms with E-state index in [1.54, 1.807) is 36.6 Å². The fourth-order valence-corrected chi connectivity index (χ4v) is 3.70. The number of sulfonamides is 1. The minimum absolute atomic E-state index is 0.384. The molecule has 0 radical (unpaired) electrons. The Bertz CT molecular complexity index is 1130. The van der Waals surface area contributed by atoms with E-state index in [0.717, 1.165) is 11.8 Å². The molecule has 3 rings (SSSR count). The molecular weight excluding hydrogens is 429 g/mol. The van der Waals surface area contributed by atoms with E-state index >= 15 is 0 Å². The third-order valence-corrected chi connectivity index (χ3v) is 6.22. The van der Waals surface area contributed by atoms with Gasteiger partial charge < -0.3 is 4.74 Å². The first-order valence-corrected chi connectivity index (χ1v) is 11.6. The number of anilines is 2. The highest BCUT2D eigenvalue weighted by Gasteiger charge is 2.17. The zero-order valence-corrected chi connectivity index (χ0v) is 18.1. The Balaban J connectivity index is 1.64. The SMILES string of the molecule is CC(Oc1ccc(F)cc1)C(=O)Nc1nc(-c2ccc(N(C)S(C)(=O)=O)cc2)cs1. The molecule has 0 bridgehead atoms. The summed E-state index contributed by atoms with van der Waals surface area (Å²) in [5.41, 5.74) is 1.97. The second-order valence-corrected chi connectivity index (χ2v) is 9.39. The molecule has 1 heterocycles. The Morgan fingerprint density at radius 2 is 1.80 bits per heavy atom. The lowest BCUT2D eigenvalue weighted by atomic mass is 10.1. The molecule has 0 aliphatic rings. The number of nitrogens with one attached hydrogen (secondary N) is 1. The monoisotopic (exact) mass is 449 g/mol. The first-order chi connectivity index (χ1) is 14.1. The summed E-state index contributed by atoms with van der Waals surface area (Å²) < 4.78 is 42.9. The van der Waals surface area contributed by atoms with Crippen LogP contribution in [0.1, 0.15) is 6.92 Å². The van der Waals surface area contributed by atoms with E-state index in [4.69, 9.17) is 4.74 Å². The van der Waals surface area contributed by atoms with Crippen LogP contribution in [-0.2, 0) is 14.8 Å². The van der Waals surface area contributed by atoms with E-state index in [9.17, 15) is 17.6 Å². The summed E-state index contributed by atoms with van der Waals surface area (Å²) in [6.07, 6.45) is 0.338. The Labute approximate surface area is 178 Å². The number of carbonyl (C=O) groups is 1. The Kier molecular flexibility index (Phi) is 6.37. The van der Waals surface area contributed by atoms with Crippen molar-refractivity contribution in [2.75, 3.05) is 22.9 Å². The normalized spacial score (nSPS) is 12.3. The van der Waals surface area contributed by atoms with Crippen molar-refractivity contribution in [3.8, 4) is 17.0 Å². The molecule has 1 aromatic heterocycles. The van der Waals surface area contributed by atoms with Crippen LogP contribution in [0.3, 0.4) is 0 Å². The molecule has 158 valence electrons. The van der Waals surface area contributed by atoms with Crippen molar-refractivity contribution in [3.63, 3.8) is 0 Å². The van der Waals surface area contributed by atoms with E-state index < -0.39 is 16.1 Å². The van der Waals surface area contributed by atoms with E-state index in [1.165, 1.54) is 47.0 Å². The lowest BCUT2D eigenvalue weighted by molar-refractivity contribution is -0.122. The van der Waals surface area contributed by atoms with E-state index in [-0.39, 0.29) is 11.7 Å². The van der Waals surface area contributed by atoms with Crippen molar-refractivity contribution in [2.45, 2.75) is 13.0 Å². The average molecular weight is 450 g/mol. The van der Waals surface area contributed by atoms with Gasteiger partial charge in [-0.3, -0.25) is 14.4 Å². The molecule has 1 atom stereocenters. The third kappa shape index (κ3) is 5.33. The van der Waals surface area contributed by atoms with Gasteiger partial charge in [-0.1, -0.05) is 12.1 Å². The second-order valence-electron chi connectivity index (χ2n) is 6.52. The van der Waals surface area contributed by atoms with Gasteiger partial charge in [-0.2, -0.15) is 0 Å². The van der Waals surface area contributed by atoms with Crippen molar-refractivity contribution >= 4 is 38.1 Å². The van der Waals surface area contributed by atoms with Crippen LogP contribution in [0.5, 0.6) is 5.75 Å². The maximum Gasteiger partial charge on any atom is 0.266 e. The first kappa shape index (κ1) is 21.7. The Hall–Kier alpha value is -2.98. The van der Waals surface area contributed by atoms with Gasteiger partial charge in [0.15, 0.2) is 11.2 Å². The Morgan fingerprint density at radius 3 is 2.40 bits per heavy atom. The predicted molar refractivity (Wildman–Crippen MR) is 116 cm³/mol. The minimum atomic E-state index is -3.33. The summed E-state index contributed by atoms with van der Waals surface area (Å²) in [5, 5.41) is 4.89. The zero-order chi connectivity index (χ0) is 21.9. The van der Waals surface area contributed by atoms with Crippen LogP contribution in [-0.4, -0.2) is 38.7 Å². The summed E-state index contributed by atoms with van der Waals surface area (Å²) in [4.78, 5) is 16.7. The number of benzene rings is 2.